The summed E-state index contributed by atoms with van der Waals surface area (Å²) >= 11 is 0. The van der Waals surface area contributed by atoms with E-state index in [0.29, 0.717) is 18.8 Å². The van der Waals surface area contributed by atoms with Crippen molar-refractivity contribution in [1.82, 2.24) is 10.2 Å². The highest BCUT2D eigenvalue weighted by molar-refractivity contribution is 7.92. The van der Waals surface area contributed by atoms with Crippen molar-refractivity contribution in [3.05, 3.63) is 126 Å². The Morgan fingerprint density at radius 1 is 0.872 bits per heavy atom. The zero-order chi connectivity index (χ0) is 34.0. The van der Waals surface area contributed by atoms with E-state index in [9.17, 15) is 18.0 Å². The first kappa shape index (κ1) is 35.2. The predicted molar refractivity (Wildman–Crippen MR) is 182 cm³/mol. The van der Waals surface area contributed by atoms with Gasteiger partial charge >= 0.3 is 0 Å². The second kappa shape index (κ2) is 16.2. The number of carbonyl (C=O) groups excluding carboxylic acids is 2. The first-order valence-corrected chi connectivity index (χ1v) is 17.2. The second-order valence-corrected chi connectivity index (χ2v) is 13.3. The summed E-state index contributed by atoms with van der Waals surface area (Å²) in [6, 6.07) is 26.8. The van der Waals surface area contributed by atoms with Crippen molar-refractivity contribution in [3.63, 3.8) is 0 Å². The molecule has 0 aromatic heterocycles. The number of carbonyl (C=O) groups is 2. The molecule has 4 rings (SSSR count). The summed E-state index contributed by atoms with van der Waals surface area (Å²) < 4.78 is 50.0. The predicted octanol–water partition coefficient (Wildman–Crippen LogP) is 6.28. The van der Waals surface area contributed by atoms with Crippen LogP contribution in [0.3, 0.4) is 0 Å². The largest absolute Gasteiger partial charge is 0.494 e. The van der Waals surface area contributed by atoms with Gasteiger partial charge in [-0.25, -0.2) is 12.8 Å². The van der Waals surface area contributed by atoms with Crippen LogP contribution in [0.15, 0.2) is 108 Å². The number of halogens is 1. The number of nitrogens with one attached hydrogen (secondary N) is 1. The molecule has 0 fully saturated rings. The van der Waals surface area contributed by atoms with Crippen molar-refractivity contribution >= 4 is 27.5 Å². The van der Waals surface area contributed by atoms with Crippen LogP contribution in [-0.2, 0) is 32.6 Å². The molecule has 0 saturated carbocycles. The number of anilines is 1. The minimum Gasteiger partial charge on any atom is -0.494 e. The van der Waals surface area contributed by atoms with Gasteiger partial charge in [-0.05, 0) is 75.2 Å². The molecule has 0 bridgehead atoms. The molecule has 0 radical (unpaired) electrons. The Hall–Kier alpha value is -4.70. The van der Waals surface area contributed by atoms with Gasteiger partial charge in [0.15, 0.2) is 0 Å². The Bertz CT molecular complexity index is 1730. The van der Waals surface area contributed by atoms with E-state index in [1.54, 1.807) is 54.6 Å². The van der Waals surface area contributed by atoms with Crippen molar-refractivity contribution in [2.45, 2.75) is 64.1 Å². The average Bonchev–Trinajstić information content (AvgIpc) is 3.07. The third kappa shape index (κ3) is 9.19. The third-order valence-corrected chi connectivity index (χ3v) is 9.68. The summed E-state index contributed by atoms with van der Waals surface area (Å²) in [5.74, 6) is -1.08. The maximum Gasteiger partial charge on any atom is 0.264 e. The molecule has 0 aliphatic heterocycles. The molecule has 2 amide bonds. The van der Waals surface area contributed by atoms with Gasteiger partial charge in [-0.2, -0.15) is 0 Å². The molecule has 8 nitrogen and oxygen atoms in total. The fourth-order valence-corrected chi connectivity index (χ4v) is 6.46. The van der Waals surface area contributed by atoms with Gasteiger partial charge in [-0.1, -0.05) is 73.2 Å². The lowest BCUT2D eigenvalue weighted by Crippen LogP contribution is -2.54. The summed E-state index contributed by atoms with van der Waals surface area (Å²) in [4.78, 5) is 29.7. The molecule has 0 saturated heterocycles. The van der Waals surface area contributed by atoms with Crippen LogP contribution in [0.4, 0.5) is 10.1 Å². The van der Waals surface area contributed by atoms with Crippen molar-refractivity contribution < 1.29 is 27.1 Å². The van der Waals surface area contributed by atoms with Crippen LogP contribution in [0.1, 0.15) is 43.9 Å². The molecule has 4 aromatic carbocycles. The van der Waals surface area contributed by atoms with E-state index in [1.165, 1.54) is 23.1 Å². The van der Waals surface area contributed by atoms with Crippen LogP contribution in [0.5, 0.6) is 5.75 Å². The molecular formula is C37H42FN3O5S. The van der Waals surface area contributed by atoms with Crippen molar-refractivity contribution in [2.75, 3.05) is 17.5 Å². The molecule has 0 unspecified atom stereocenters. The molecule has 0 aliphatic carbocycles. The number of benzene rings is 4. The van der Waals surface area contributed by atoms with Gasteiger partial charge in [0, 0.05) is 24.6 Å². The fourth-order valence-electron chi connectivity index (χ4n) is 5.05. The Labute approximate surface area is 277 Å². The van der Waals surface area contributed by atoms with Gasteiger partial charge in [0.2, 0.25) is 11.8 Å². The molecule has 4 aromatic rings. The minimum absolute atomic E-state index is 0.000729. The van der Waals surface area contributed by atoms with Gasteiger partial charge in [-0.3, -0.25) is 13.9 Å². The number of hydrogen-bond donors (Lipinski definition) is 1. The number of nitrogens with zero attached hydrogens (tertiary/aromatic N) is 2. The molecule has 2 atom stereocenters. The standard InChI is InChI=1S/C37H42FN3O5S/c1-5-28(4)39-37(43)35(24-29-12-8-7-9-13-29)40(25-30-14-10-11-15-34(30)38)36(42)26-41(31-18-20-32(21-19-31)46-6-2)47(44,45)33-22-16-27(3)17-23-33/h7-23,28,35H,5-6,24-26H2,1-4H3,(H,39,43)/t28-,35+/m0/s1. The Balaban J connectivity index is 1.81. The molecule has 0 spiro atoms. The summed E-state index contributed by atoms with van der Waals surface area (Å²) in [7, 11) is -4.26. The van der Waals surface area contributed by atoms with E-state index in [0.717, 1.165) is 15.4 Å². The highest BCUT2D eigenvalue weighted by Crippen LogP contribution is 2.27. The Kier molecular flexibility index (Phi) is 12.1. The van der Waals surface area contributed by atoms with Crippen molar-refractivity contribution in [3.8, 4) is 5.75 Å². The number of amides is 2. The third-order valence-electron chi connectivity index (χ3n) is 7.89. The molecule has 47 heavy (non-hydrogen) atoms. The highest BCUT2D eigenvalue weighted by atomic mass is 32.2. The molecule has 10 heteroatoms. The first-order valence-electron chi connectivity index (χ1n) is 15.7. The van der Waals surface area contributed by atoms with Crippen molar-refractivity contribution in [2.24, 2.45) is 0 Å². The lowest BCUT2D eigenvalue weighted by atomic mass is 10.0. The summed E-state index contributed by atoms with van der Waals surface area (Å²) in [5, 5.41) is 2.98. The minimum atomic E-state index is -4.26. The van der Waals surface area contributed by atoms with E-state index in [-0.39, 0.29) is 35.2 Å². The lowest BCUT2D eigenvalue weighted by molar-refractivity contribution is -0.140. The molecule has 248 valence electrons. The van der Waals surface area contributed by atoms with E-state index in [2.05, 4.69) is 5.32 Å². The Morgan fingerprint density at radius 3 is 2.13 bits per heavy atom. The quantitative estimate of drug-likeness (QED) is 0.162. The summed E-state index contributed by atoms with van der Waals surface area (Å²) in [5.41, 5.74) is 2.10. The van der Waals surface area contributed by atoms with Crippen LogP contribution in [0, 0.1) is 12.7 Å². The fraction of sp³-hybridized carbons (Fsp3) is 0.297. The number of sulfonamides is 1. The van der Waals surface area contributed by atoms with Crippen LogP contribution < -0.4 is 14.4 Å². The van der Waals surface area contributed by atoms with E-state index in [1.807, 2.05) is 58.0 Å². The SMILES string of the molecule is CCOc1ccc(N(CC(=O)N(Cc2ccccc2F)[C@H](Cc2ccccc2)C(=O)N[C@@H](C)CC)S(=O)(=O)c2ccc(C)cc2)cc1. The van der Waals surface area contributed by atoms with Gasteiger partial charge in [0.05, 0.1) is 17.2 Å². The summed E-state index contributed by atoms with van der Waals surface area (Å²) in [6.45, 7) is 7.03. The number of ether oxygens (including phenoxy) is 1. The zero-order valence-electron chi connectivity index (χ0n) is 27.2. The monoisotopic (exact) mass is 659 g/mol. The van der Waals surface area contributed by atoms with Gasteiger partial charge in [-0.15, -0.1) is 0 Å². The highest BCUT2D eigenvalue weighted by Gasteiger charge is 2.35. The Morgan fingerprint density at radius 2 is 1.51 bits per heavy atom. The topological polar surface area (TPSA) is 96.0 Å². The zero-order valence-corrected chi connectivity index (χ0v) is 28.0. The number of hydrogen-bond acceptors (Lipinski definition) is 5. The van der Waals surface area contributed by atoms with E-state index >= 15 is 4.39 Å². The number of rotatable bonds is 15. The van der Waals surface area contributed by atoms with Gasteiger partial charge in [0.1, 0.15) is 24.2 Å². The average molecular weight is 660 g/mol. The normalized spacial score (nSPS) is 12.5. The van der Waals surface area contributed by atoms with Crippen molar-refractivity contribution in [1.29, 1.82) is 0 Å². The maximum atomic E-state index is 15.1. The van der Waals surface area contributed by atoms with Crippen LogP contribution in [0.25, 0.3) is 0 Å². The number of aryl methyl sites for hydroxylation is 1. The molecular weight excluding hydrogens is 617 g/mol. The second-order valence-electron chi connectivity index (χ2n) is 11.4. The molecule has 0 aliphatic rings. The van der Waals surface area contributed by atoms with E-state index < -0.39 is 40.2 Å². The van der Waals surface area contributed by atoms with Crippen LogP contribution in [0.2, 0.25) is 0 Å². The van der Waals surface area contributed by atoms with Crippen LogP contribution >= 0.6 is 0 Å². The lowest BCUT2D eigenvalue weighted by Gasteiger charge is -2.34. The van der Waals surface area contributed by atoms with Crippen LogP contribution in [-0.4, -0.2) is 50.4 Å². The van der Waals surface area contributed by atoms with Gasteiger partial charge < -0.3 is 15.0 Å². The van der Waals surface area contributed by atoms with Gasteiger partial charge in [0.25, 0.3) is 10.0 Å². The first-order chi connectivity index (χ1) is 22.5. The summed E-state index contributed by atoms with van der Waals surface area (Å²) in [6.07, 6.45) is 0.794. The molecule has 0 heterocycles. The smallest absolute Gasteiger partial charge is 0.264 e. The molecule has 1 N–H and O–H groups in total. The van der Waals surface area contributed by atoms with E-state index in [4.69, 9.17) is 4.74 Å². The maximum absolute atomic E-state index is 15.1.